The predicted molar refractivity (Wildman–Crippen MR) is 69.9 cm³/mol. The van der Waals surface area contributed by atoms with Crippen molar-refractivity contribution in [2.24, 2.45) is 7.05 Å². The summed E-state index contributed by atoms with van der Waals surface area (Å²) in [6.07, 6.45) is 8.63. The molecule has 1 fully saturated rings. The lowest BCUT2D eigenvalue weighted by Gasteiger charge is -2.19. The minimum atomic E-state index is 0.130. The molecule has 1 aromatic rings. The largest absolute Gasteiger partial charge is 0.337 e. The maximum absolute atomic E-state index is 12.0. The fourth-order valence-corrected chi connectivity index (χ4v) is 2.35. The van der Waals surface area contributed by atoms with Crippen LogP contribution in [-0.4, -0.2) is 40.0 Å². The van der Waals surface area contributed by atoms with E-state index >= 15 is 0 Å². The topological polar surface area (TPSA) is 50.2 Å². The maximum Gasteiger partial charge on any atom is 0.236 e. The van der Waals surface area contributed by atoms with Crippen LogP contribution in [0.2, 0.25) is 0 Å². The van der Waals surface area contributed by atoms with Gasteiger partial charge in [-0.2, -0.15) is 0 Å². The van der Waals surface area contributed by atoms with Gasteiger partial charge in [0.2, 0.25) is 5.91 Å². The second-order valence-electron chi connectivity index (χ2n) is 5.07. The molecule has 0 aromatic carbocycles. The van der Waals surface area contributed by atoms with Gasteiger partial charge in [0.05, 0.1) is 13.1 Å². The number of rotatable bonds is 5. The molecule has 0 radical (unpaired) electrons. The molecule has 18 heavy (non-hydrogen) atoms. The summed E-state index contributed by atoms with van der Waals surface area (Å²) in [7, 11) is 3.77. The standard InChI is InChI=1S/C13H22N4O/c1-16-8-7-14-12(16)10-17(2)13(18)9-15-11-5-3-4-6-11/h7-8,11,15H,3-6,9-10H2,1-2H3. The van der Waals surface area contributed by atoms with E-state index in [1.165, 1.54) is 25.7 Å². The van der Waals surface area contributed by atoms with Gasteiger partial charge in [0.1, 0.15) is 5.82 Å². The first kappa shape index (κ1) is 13.1. The molecule has 0 saturated heterocycles. The Morgan fingerprint density at radius 3 is 2.89 bits per heavy atom. The Morgan fingerprint density at radius 1 is 1.56 bits per heavy atom. The molecule has 1 saturated carbocycles. The van der Waals surface area contributed by atoms with Crippen molar-refractivity contribution in [1.82, 2.24) is 19.8 Å². The second-order valence-corrected chi connectivity index (χ2v) is 5.07. The Hall–Kier alpha value is -1.36. The molecule has 0 atom stereocenters. The third-order valence-corrected chi connectivity index (χ3v) is 3.62. The number of carbonyl (C=O) groups is 1. The number of carbonyl (C=O) groups excluding carboxylic acids is 1. The van der Waals surface area contributed by atoms with Gasteiger partial charge in [0, 0.05) is 32.5 Å². The summed E-state index contributed by atoms with van der Waals surface area (Å²) >= 11 is 0. The van der Waals surface area contributed by atoms with Crippen molar-refractivity contribution < 1.29 is 4.79 Å². The lowest BCUT2D eigenvalue weighted by Crippen LogP contribution is -2.39. The number of hydrogen-bond acceptors (Lipinski definition) is 3. The van der Waals surface area contributed by atoms with Crippen molar-refractivity contribution in [2.45, 2.75) is 38.3 Å². The van der Waals surface area contributed by atoms with Crippen LogP contribution in [0, 0.1) is 0 Å². The number of aryl methyl sites for hydroxylation is 1. The van der Waals surface area contributed by atoms with Crippen LogP contribution in [0.1, 0.15) is 31.5 Å². The van der Waals surface area contributed by atoms with Gasteiger partial charge in [-0.3, -0.25) is 4.79 Å². The van der Waals surface area contributed by atoms with E-state index in [1.807, 2.05) is 24.9 Å². The van der Waals surface area contributed by atoms with E-state index in [9.17, 15) is 4.79 Å². The quantitative estimate of drug-likeness (QED) is 0.845. The summed E-state index contributed by atoms with van der Waals surface area (Å²) in [6, 6.07) is 0.538. The molecule has 1 heterocycles. The van der Waals surface area contributed by atoms with E-state index in [0.717, 1.165) is 5.82 Å². The van der Waals surface area contributed by atoms with Crippen LogP contribution in [0.4, 0.5) is 0 Å². The van der Waals surface area contributed by atoms with Gasteiger partial charge in [-0.15, -0.1) is 0 Å². The van der Waals surface area contributed by atoms with Crippen LogP contribution < -0.4 is 5.32 Å². The maximum atomic E-state index is 12.0. The summed E-state index contributed by atoms with van der Waals surface area (Å²) in [6.45, 7) is 1.00. The van der Waals surface area contributed by atoms with Gasteiger partial charge in [-0.1, -0.05) is 12.8 Å². The number of nitrogens with zero attached hydrogens (tertiary/aromatic N) is 3. The molecule has 100 valence electrons. The Morgan fingerprint density at radius 2 is 2.28 bits per heavy atom. The molecule has 0 aliphatic heterocycles. The number of likely N-dealkylation sites (N-methyl/N-ethyl adjacent to an activating group) is 1. The molecule has 5 nitrogen and oxygen atoms in total. The number of imidazole rings is 1. The van der Waals surface area contributed by atoms with Crippen molar-refractivity contribution in [3.8, 4) is 0 Å². The number of aromatic nitrogens is 2. The molecule has 0 spiro atoms. The number of nitrogens with one attached hydrogen (secondary N) is 1. The van der Waals surface area contributed by atoms with Crippen LogP contribution in [-0.2, 0) is 18.4 Å². The Bertz CT molecular complexity index is 395. The molecule has 0 bridgehead atoms. The zero-order valence-corrected chi connectivity index (χ0v) is 11.2. The van der Waals surface area contributed by atoms with Crippen molar-refractivity contribution >= 4 is 5.91 Å². The van der Waals surface area contributed by atoms with E-state index in [1.54, 1.807) is 11.1 Å². The number of amides is 1. The monoisotopic (exact) mass is 250 g/mol. The minimum Gasteiger partial charge on any atom is -0.337 e. The highest BCUT2D eigenvalue weighted by molar-refractivity contribution is 5.77. The predicted octanol–water partition coefficient (Wildman–Crippen LogP) is 0.911. The summed E-state index contributed by atoms with van der Waals surface area (Å²) in [5.41, 5.74) is 0. The van der Waals surface area contributed by atoms with Crippen molar-refractivity contribution in [1.29, 1.82) is 0 Å². The molecule has 1 aliphatic rings. The van der Waals surface area contributed by atoms with Crippen molar-refractivity contribution in [3.63, 3.8) is 0 Å². The van der Waals surface area contributed by atoms with Gasteiger partial charge < -0.3 is 14.8 Å². The van der Waals surface area contributed by atoms with Crippen molar-refractivity contribution in [2.75, 3.05) is 13.6 Å². The first-order valence-electron chi connectivity index (χ1n) is 6.60. The molecule has 1 aliphatic carbocycles. The summed E-state index contributed by atoms with van der Waals surface area (Å²) in [5.74, 6) is 1.04. The van der Waals surface area contributed by atoms with E-state index in [2.05, 4.69) is 10.3 Å². The highest BCUT2D eigenvalue weighted by Crippen LogP contribution is 2.17. The third kappa shape index (κ3) is 3.32. The zero-order valence-electron chi connectivity index (χ0n) is 11.2. The molecule has 1 aromatic heterocycles. The van der Waals surface area contributed by atoms with E-state index < -0.39 is 0 Å². The van der Waals surface area contributed by atoms with E-state index in [0.29, 0.717) is 19.1 Å². The Balaban J connectivity index is 1.76. The molecule has 1 amide bonds. The van der Waals surface area contributed by atoms with Gasteiger partial charge in [-0.25, -0.2) is 4.98 Å². The molecular weight excluding hydrogens is 228 g/mol. The Kier molecular flexibility index (Phi) is 4.36. The van der Waals surface area contributed by atoms with Crippen LogP contribution in [0.25, 0.3) is 0 Å². The summed E-state index contributed by atoms with van der Waals surface area (Å²) in [5, 5.41) is 3.34. The molecular formula is C13H22N4O. The van der Waals surface area contributed by atoms with Gasteiger partial charge in [0.15, 0.2) is 0 Å². The van der Waals surface area contributed by atoms with Crippen LogP contribution in [0.15, 0.2) is 12.4 Å². The average Bonchev–Trinajstić information content (AvgIpc) is 2.99. The minimum absolute atomic E-state index is 0.130. The van der Waals surface area contributed by atoms with E-state index in [4.69, 9.17) is 0 Å². The van der Waals surface area contributed by atoms with Gasteiger partial charge in [-0.05, 0) is 12.8 Å². The molecule has 5 heteroatoms. The Labute approximate surface area is 108 Å². The normalized spacial score (nSPS) is 16.1. The highest BCUT2D eigenvalue weighted by atomic mass is 16.2. The molecule has 0 unspecified atom stereocenters. The second kappa shape index (κ2) is 6.00. The van der Waals surface area contributed by atoms with E-state index in [-0.39, 0.29) is 5.91 Å². The van der Waals surface area contributed by atoms with Crippen LogP contribution in [0.3, 0.4) is 0 Å². The first-order chi connectivity index (χ1) is 8.66. The SMILES string of the molecule is CN(Cc1nccn1C)C(=O)CNC1CCCC1. The van der Waals surface area contributed by atoms with Gasteiger partial charge in [0.25, 0.3) is 0 Å². The summed E-state index contributed by atoms with van der Waals surface area (Å²) in [4.78, 5) is 17.9. The smallest absolute Gasteiger partial charge is 0.236 e. The highest BCUT2D eigenvalue weighted by Gasteiger charge is 2.17. The fraction of sp³-hybridized carbons (Fsp3) is 0.692. The lowest BCUT2D eigenvalue weighted by molar-refractivity contribution is -0.129. The van der Waals surface area contributed by atoms with Gasteiger partial charge >= 0.3 is 0 Å². The first-order valence-corrected chi connectivity index (χ1v) is 6.60. The lowest BCUT2D eigenvalue weighted by atomic mass is 10.2. The fourth-order valence-electron chi connectivity index (χ4n) is 2.35. The zero-order chi connectivity index (χ0) is 13.0. The summed E-state index contributed by atoms with van der Waals surface area (Å²) < 4.78 is 1.94. The number of hydrogen-bond donors (Lipinski definition) is 1. The van der Waals surface area contributed by atoms with Crippen LogP contribution in [0.5, 0.6) is 0 Å². The average molecular weight is 250 g/mol. The van der Waals surface area contributed by atoms with Crippen molar-refractivity contribution in [3.05, 3.63) is 18.2 Å². The molecule has 1 N–H and O–H groups in total. The molecule has 2 rings (SSSR count). The van der Waals surface area contributed by atoms with Crippen LogP contribution >= 0.6 is 0 Å². The third-order valence-electron chi connectivity index (χ3n) is 3.62.